The lowest BCUT2D eigenvalue weighted by atomic mass is 9.79. The number of nitrogens with one attached hydrogen (secondary N) is 1. The molecule has 1 unspecified atom stereocenters. The van der Waals surface area contributed by atoms with E-state index in [1.165, 1.54) is 0 Å². The molecule has 0 bridgehead atoms. The largest absolute Gasteiger partial charge is 0.314 e. The Hall–Kier alpha value is -0.600. The average molecular weight is 286 g/mol. The Morgan fingerprint density at radius 3 is 2.63 bits per heavy atom. The fourth-order valence-corrected chi connectivity index (χ4v) is 2.63. The highest BCUT2D eigenvalue weighted by molar-refractivity contribution is 6.30. The SMILES string of the molecule is CCCC(C)(CNC(C)C)Cc1cccc(Cl)c1F. The summed E-state index contributed by atoms with van der Waals surface area (Å²) in [5.41, 5.74) is 0.777. The molecular formula is C16H25ClFN. The maximum absolute atomic E-state index is 14.0. The molecule has 0 heterocycles. The minimum Gasteiger partial charge on any atom is -0.314 e. The molecule has 0 amide bonds. The number of halogens is 2. The predicted molar refractivity (Wildman–Crippen MR) is 81.3 cm³/mol. The number of hydrogen-bond acceptors (Lipinski definition) is 1. The van der Waals surface area contributed by atoms with Crippen LogP contribution in [0.3, 0.4) is 0 Å². The summed E-state index contributed by atoms with van der Waals surface area (Å²) in [5, 5.41) is 3.69. The van der Waals surface area contributed by atoms with Crippen LogP contribution in [-0.2, 0) is 6.42 Å². The van der Waals surface area contributed by atoms with Gasteiger partial charge in [-0.05, 0) is 29.9 Å². The lowest BCUT2D eigenvalue weighted by molar-refractivity contribution is 0.264. The molecule has 108 valence electrons. The van der Waals surface area contributed by atoms with Gasteiger partial charge >= 0.3 is 0 Å². The zero-order valence-electron chi connectivity index (χ0n) is 12.4. The molecule has 1 aromatic rings. The molecule has 0 saturated heterocycles. The molecule has 0 aliphatic carbocycles. The van der Waals surface area contributed by atoms with Crippen LogP contribution in [0, 0.1) is 11.2 Å². The molecule has 0 fully saturated rings. The summed E-state index contributed by atoms with van der Waals surface area (Å²) < 4.78 is 14.0. The van der Waals surface area contributed by atoms with Crippen molar-refractivity contribution in [2.24, 2.45) is 5.41 Å². The first-order chi connectivity index (χ1) is 8.88. The Bertz CT molecular complexity index is 406. The molecule has 0 aromatic heterocycles. The van der Waals surface area contributed by atoms with Gasteiger partial charge in [-0.3, -0.25) is 0 Å². The molecule has 1 aromatic carbocycles. The monoisotopic (exact) mass is 285 g/mol. The third kappa shape index (κ3) is 5.12. The Labute approximate surface area is 121 Å². The van der Waals surface area contributed by atoms with Crippen molar-refractivity contribution < 1.29 is 4.39 Å². The van der Waals surface area contributed by atoms with Crippen LogP contribution < -0.4 is 5.32 Å². The molecule has 1 atom stereocenters. The van der Waals surface area contributed by atoms with Crippen molar-refractivity contribution in [1.82, 2.24) is 5.32 Å². The van der Waals surface area contributed by atoms with E-state index in [1.807, 2.05) is 12.1 Å². The van der Waals surface area contributed by atoms with Crippen LogP contribution in [0.1, 0.15) is 46.1 Å². The van der Waals surface area contributed by atoms with E-state index < -0.39 is 0 Å². The van der Waals surface area contributed by atoms with Crippen LogP contribution in [0.15, 0.2) is 18.2 Å². The molecule has 1 nitrogen and oxygen atoms in total. The van der Waals surface area contributed by atoms with Crippen LogP contribution in [0.5, 0.6) is 0 Å². The first kappa shape index (κ1) is 16.5. The van der Waals surface area contributed by atoms with Gasteiger partial charge in [0, 0.05) is 12.6 Å². The van der Waals surface area contributed by atoms with E-state index in [9.17, 15) is 4.39 Å². The molecule has 1 rings (SSSR count). The lowest BCUT2D eigenvalue weighted by Crippen LogP contribution is -2.37. The number of rotatable bonds is 7. The maximum atomic E-state index is 14.0. The van der Waals surface area contributed by atoms with E-state index in [4.69, 9.17) is 11.6 Å². The quantitative estimate of drug-likeness (QED) is 0.757. The van der Waals surface area contributed by atoms with Gasteiger partial charge in [0.25, 0.3) is 0 Å². The fraction of sp³-hybridized carbons (Fsp3) is 0.625. The standard InChI is InChI=1S/C16H25ClFN/c1-5-9-16(4,11-19-12(2)3)10-13-7-6-8-14(17)15(13)18/h6-8,12,19H,5,9-11H2,1-4H3. The maximum Gasteiger partial charge on any atom is 0.144 e. The van der Waals surface area contributed by atoms with E-state index >= 15 is 0 Å². The highest BCUT2D eigenvalue weighted by Gasteiger charge is 2.25. The van der Waals surface area contributed by atoms with Gasteiger partial charge < -0.3 is 5.32 Å². The summed E-state index contributed by atoms with van der Waals surface area (Å²) in [5.74, 6) is -0.268. The topological polar surface area (TPSA) is 12.0 Å². The predicted octanol–water partition coefficient (Wildman–Crippen LogP) is 4.83. The Morgan fingerprint density at radius 2 is 2.05 bits per heavy atom. The second-order valence-corrected chi connectivity index (χ2v) is 6.39. The molecule has 3 heteroatoms. The Morgan fingerprint density at radius 1 is 1.37 bits per heavy atom. The molecule has 0 radical (unpaired) electrons. The highest BCUT2D eigenvalue weighted by atomic mass is 35.5. The van der Waals surface area contributed by atoms with Crippen LogP contribution in [0.2, 0.25) is 5.02 Å². The van der Waals surface area contributed by atoms with Gasteiger partial charge in [0.1, 0.15) is 5.82 Å². The normalized spacial score (nSPS) is 14.7. The van der Waals surface area contributed by atoms with E-state index in [0.29, 0.717) is 18.0 Å². The van der Waals surface area contributed by atoms with Crippen molar-refractivity contribution in [3.63, 3.8) is 0 Å². The van der Waals surface area contributed by atoms with Crippen molar-refractivity contribution in [3.05, 3.63) is 34.6 Å². The van der Waals surface area contributed by atoms with Crippen LogP contribution in [0.4, 0.5) is 4.39 Å². The molecule has 0 aliphatic heterocycles. The second kappa shape index (κ2) is 7.25. The summed E-state index contributed by atoms with van der Waals surface area (Å²) in [6.45, 7) is 9.54. The van der Waals surface area contributed by atoms with Crippen molar-refractivity contribution in [2.75, 3.05) is 6.54 Å². The smallest absolute Gasteiger partial charge is 0.144 e. The lowest BCUT2D eigenvalue weighted by Gasteiger charge is -2.31. The summed E-state index contributed by atoms with van der Waals surface area (Å²) >= 11 is 5.86. The molecule has 1 N–H and O–H groups in total. The van der Waals surface area contributed by atoms with Crippen molar-refractivity contribution in [1.29, 1.82) is 0 Å². The summed E-state index contributed by atoms with van der Waals surface area (Å²) in [4.78, 5) is 0. The molecule has 0 aliphatic rings. The van der Waals surface area contributed by atoms with Crippen LogP contribution >= 0.6 is 11.6 Å². The highest BCUT2D eigenvalue weighted by Crippen LogP contribution is 2.30. The van der Waals surface area contributed by atoms with Gasteiger partial charge in [-0.1, -0.05) is 57.8 Å². The first-order valence-electron chi connectivity index (χ1n) is 7.04. The summed E-state index contributed by atoms with van der Waals surface area (Å²) in [6, 6.07) is 5.71. The molecular weight excluding hydrogens is 261 g/mol. The van der Waals surface area contributed by atoms with Gasteiger partial charge in [0.15, 0.2) is 0 Å². The summed E-state index contributed by atoms with van der Waals surface area (Å²) in [7, 11) is 0. The minimum absolute atomic E-state index is 0.0601. The van der Waals surface area contributed by atoms with Gasteiger partial charge in [-0.15, -0.1) is 0 Å². The summed E-state index contributed by atoms with van der Waals surface area (Å²) in [6.07, 6.45) is 2.88. The van der Waals surface area contributed by atoms with Crippen molar-refractivity contribution >= 4 is 11.6 Å². The van der Waals surface area contributed by atoms with Gasteiger partial charge in [-0.2, -0.15) is 0 Å². The van der Waals surface area contributed by atoms with Gasteiger partial charge in [0.05, 0.1) is 5.02 Å². The molecule has 0 saturated carbocycles. The third-order valence-corrected chi connectivity index (χ3v) is 3.73. The van der Waals surface area contributed by atoms with Crippen LogP contribution in [0.25, 0.3) is 0 Å². The average Bonchev–Trinajstić information content (AvgIpc) is 2.33. The van der Waals surface area contributed by atoms with Gasteiger partial charge in [0.2, 0.25) is 0 Å². The zero-order chi connectivity index (χ0) is 14.5. The fourth-order valence-electron chi connectivity index (χ4n) is 2.44. The molecule has 19 heavy (non-hydrogen) atoms. The Kier molecular flexibility index (Phi) is 6.28. The molecule has 0 spiro atoms. The zero-order valence-corrected chi connectivity index (χ0v) is 13.1. The van der Waals surface area contributed by atoms with Gasteiger partial charge in [-0.25, -0.2) is 4.39 Å². The van der Waals surface area contributed by atoms with E-state index in [0.717, 1.165) is 19.4 Å². The van der Waals surface area contributed by atoms with Crippen LogP contribution in [-0.4, -0.2) is 12.6 Å². The third-order valence-electron chi connectivity index (χ3n) is 3.44. The number of benzene rings is 1. The van der Waals surface area contributed by atoms with E-state index in [1.54, 1.807) is 6.07 Å². The Balaban J connectivity index is 2.85. The van der Waals surface area contributed by atoms with E-state index in [2.05, 4.69) is 33.0 Å². The minimum atomic E-state index is -0.268. The van der Waals surface area contributed by atoms with Crippen molar-refractivity contribution in [3.8, 4) is 0 Å². The second-order valence-electron chi connectivity index (χ2n) is 5.99. The first-order valence-corrected chi connectivity index (χ1v) is 7.42. The van der Waals surface area contributed by atoms with Crippen molar-refractivity contribution in [2.45, 2.75) is 53.0 Å². The number of hydrogen-bond donors (Lipinski definition) is 1. The van der Waals surface area contributed by atoms with E-state index in [-0.39, 0.29) is 16.3 Å².